The predicted molar refractivity (Wildman–Crippen MR) is 111 cm³/mol. The van der Waals surface area contributed by atoms with Crippen molar-refractivity contribution in [2.45, 2.75) is 32.0 Å². The van der Waals surface area contributed by atoms with Crippen LogP contribution in [0.3, 0.4) is 0 Å². The molecule has 6 heteroatoms. The highest BCUT2D eigenvalue weighted by Crippen LogP contribution is 2.56. The smallest absolute Gasteiger partial charge is 0.253 e. The van der Waals surface area contributed by atoms with Crippen LogP contribution < -0.4 is 9.47 Å². The summed E-state index contributed by atoms with van der Waals surface area (Å²) >= 11 is 0. The van der Waals surface area contributed by atoms with Crippen LogP contribution in [0, 0.1) is 11.3 Å². The number of phenols is 1. The Labute approximate surface area is 176 Å². The molecule has 3 aliphatic heterocycles. The number of phenolic OH excluding ortho intramolecular Hbond substituents is 1. The summed E-state index contributed by atoms with van der Waals surface area (Å²) in [4.78, 5) is 14.6. The zero-order valence-corrected chi connectivity index (χ0v) is 17.6. The van der Waals surface area contributed by atoms with E-state index in [-0.39, 0.29) is 29.1 Å². The number of carbonyl (C=O) groups is 1. The lowest BCUT2D eigenvalue weighted by molar-refractivity contribution is -0.192. The van der Waals surface area contributed by atoms with Crippen molar-refractivity contribution in [2.75, 3.05) is 26.8 Å². The van der Waals surface area contributed by atoms with Crippen molar-refractivity contribution in [1.82, 2.24) is 4.90 Å². The molecule has 0 aromatic heterocycles. The molecule has 1 amide bonds. The average Bonchev–Trinajstić information content (AvgIpc) is 2.71. The maximum absolute atomic E-state index is 12.8. The number of rotatable bonds is 2. The summed E-state index contributed by atoms with van der Waals surface area (Å²) < 4.78 is 18.4. The normalized spacial score (nSPS) is 25.5. The Kier molecular flexibility index (Phi) is 4.26. The summed E-state index contributed by atoms with van der Waals surface area (Å²) in [5.74, 6) is 1.86. The lowest BCUT2D eigenvalue weighted by atomic mass is 9.64. The van der Waals surface area contributed by atoms with Crippen LogP contribution in [0.2, 0.25) is 0 Å². The van der Waals surface area contributed by atoms with Crippen molar-refractivity contribution < 1.29 is 24.1 Å². The Morgan fingerprint density at radius 1 is 1.17 bits per heavy atom. The minimum atomic E-state index is -0.402. The van der Waals surface area contributed by atoms with Gasteiger partial charge in [-0.3, -0.25) is 4.79 Å². The van der Waals surface area contributed by atoms with E-state index in [4.69, 9.17) is 14.2 Å². The molecule has 3 heterocycles. The third-order valence-electron chi connectivity index (χ3n) is 6.84. The number of nitrogens with zero attached hydrogens (tertiary/aromatic N) is 1. The van der Waals surface area contributed by atoms with Gasteiger partial charge in [-0.15, -0.1) is 0 Å². The number of benzene rings is 2. The van der Waals surface area contributed by atoms with Gasteiger partial charge in [-0.1, -0.05) is 12.1 Å². The van der Waals surface area contributed by atoms with Crippen LogP contribution in [-0.4, -0.2) is 48.3 Å². The summed E-state index contributed by atoms with van der Waals surface area (Å²) in [6.07, 6.45) is 0.909. The molecule has 1 spiro atoms. The van der Waals surface area contributed by atoms with Crippen LogP contribution in [0.1, 0.15) is 42.3 Å². The fourth-order valence-electron chi connectivity index (χ4n) is 5.21. The molecule has 5 rings (SSSR count). The number of ether oxygens (including phenoxy) is 3. The van der Waals surface area contributed by atoms with Crippen LogP contribution in [0.25, 0.3) is 0 Å². The first kappa shape index (κ1) is 19.2. The lowest BCUT2D eigenvalue weighted by Crippen LogP contribution is -2.65. The van der Waals surface area contributed by atoms with E-state index in [0.29, 0.717) is 25.3 Å². The predicted octanol–water partition coefficient (Wildman–Crippen LogP) is 3.79. The minimum Gasteiger partial charge on any atom is -0.508 e. The second kappa shape index (κ2) is 6.64. The van der Waals surface area contributed by atoms with Crippen molar-refractivity contribution in [3.63, 3.8) is 0 Å². The van der Waals surface area contributed by atoms with Gasteiger partial charge >= 0.3 is 0 Å². The van der Waals surface area contributed by atoms with E-state index in [1.165, 1.54) is 0 Å². The van der Waals surface area contributed by atoms with Gasteiger partial charge in [0, 0.05) is 35.5 Å². The first-order valence-electron chi connectivity index (χ1n) is 10.4. The number of fused-ring (bicyclic) bond motifs is 3. The fourth-order valence-corrected chi connectivity index (χ4v) is 5.21. The number of aromatic hydroxyl groups is 1. The second-order valence-corrected chi connectivity index (χ2v) is 9.33. The number of hydrogen-bond acceptors (Lipinski definition) is 5. The molecule has 0 aliphatic carbocycles. The number of para-hydroxylation sites is 1. The molecule has 2 fully saturated rings. The summed E-state index contributed by atoms with van der Waals surface area (Å²) in [6, 6.07) is 12.4. The van der Waals surface area contributed by atoms with Crippen LogP contribution in [0.15, 0.2) is 42.5 Å². The molecule has 0 radical (unpaired) electrons. The summed E-state index contributed by atoms with van der Waals surface area (Å²) in [7, 11) is 1.66. The zero-order chi connectivity index (χ0) is 21.1. The van der Waals surface area contributed by atoms with Gasteiger partial charge in [0.1, 0.15) is 11.4 Å². The molecule has 158 valence electrons. The summed E-state index contributed by atoms with van der Waals surface area (Å²) in [5.41, 5.74) is 1.20. The van der Waals surface area contributed by atoms with E-state index in [1.54, 1.807) is 31.4 Å². The van der Waals surface area contributed by atoms with Crippen molar-refractivity contribution in [2.24, 2.45) is 11.3 Å². The topological polar surface area (TPSA) is 68.2 Å². The van der Waals surface area contributed by atoms with E-state index in [1.807, 2.05) is 17.0 Å². The molecular weight excluding hydrogens is 382 g/mol. The molecule has 3 aliphatic rings. The Hall–Kier alpha value is -2.73. The van der Waals surface area contributed by atoms with Gasteiger partial charge in [0.2, 0.25) is 0 Å². The number of hydrogen-bond donors (Lipinski definition) is 1. The third kappa shape index (κ3) is 2.93. The van der Waals surface area contributed by atoms with E-state index in [0.717, 1.165) is 23.5 Å². The highest BCUT2D eigenvalue weighted by molar-refractivity contribution is 5.95. The number of methoxy groups -OCH3 is 1. The van der Waals surface area contributed by atoms with Crippen molar-refractivity contribution in [3.05, 3.63) is 53.6 Å². The standard InChI is InChI=1S/C24H27NO5/c1-23(2)18-11-24(12-25(13-24)22(27)15-7-9-16(26)10-8-15)14-29-20(18)17-5-4-6-19(28-3)21(17)30-23/h4-10,18,20,26H,11-14H2,1-3H3/t18-,20+/m0/s1. The third-order valence-corrected chi connectivity index (χ3v) is 6.84. The van der Waals surface area contributed by atoms with Crippen LogP contribution in [0.4, 0.5) is 0 Å². The first-order valence-corrected chi connectivity index (χ1v) is 10.4. The second-order valence-electron chi connectivity index (χ2n) is 9.33. The highest BCUT2D eigenvalue weighted by atomic mass is 16.5. The van der Waals surface area contributed by atoms with Gasteiger partial charge in [0.25, 0.3) is 5.91 Å². The number of carbonyl (C=O) groups excluding carboxylic acids is 1. The van der Waals surface area contributed by atoms with Gasteiger partial charge in [-0.05, 0) is 50.6 Å². The first-order chi connectivity index (χ1) is 14.3. The van der Waals surface area contributed by atoms with E-state index in [2.05, 4.69) is 19.9 Å². The van der Waals surface area contributed by atoms with Gasteiger partial charge in [-0.25, -0.2) is 0 Å². The van der Waals surface area contributed by atoms with E-state index >= 15 is 0 Å². The maximum Gasteiger partial charge on any atom is 0.253 e. The molecule has 0 unspecified atom stereocenters. The zero-order valence-electron chi connectivity index (χ0n) is 17.6. The number of likely N-dealkylation sites (tertiary alicyclic amines) is 1. The molecule has 2 atom stereocenters. The Morgan fingerprint density at radius 2 is 1.90 bits per heavy atom. The van der Waals surface area contributed by atoms with Crippen LogP contribution in [0.5, 0.6) is 17.2 Å². The molecule has 2 aromatic rings. The molecule has 6 nitrogen and oxygen atoms in total. The summed E-state index contributed by atoms with van der Waals surface area (Å²) in [5, 5.41) is 9.45. The maximum atomic E-state index is 12.8. The quantitative estimate of drug-likeness (QED) is 0.817. The van der Waals surface area contributed by atoms with Gasteiger partial charge < -0.3 is 24.2 Å². The molecule has 2 saturated heterocycles. The van der Waals surface area contributed by atoms with Gasteiger partial charge in [-0.2, -0.15) is 0 Å². The molecule has 30 heavy (non-hydrogen) atoms. The molecule has 2 aromatic carbocycles. The van der Waals surface area contributed by atoms with E-state index < -0.39 is 5.60 Å². The molecule has 0 bridgehead atoms. The average molecular weight is 409 g/mol. The van der Waals surface area contributed by atoms with Crippen LogP contribution in [-0.2, 0) is 4.74 Å². The largest absolute Gasteiger partial charge is 0.508 e. The molecule has 0 saturated carbocycles. The Morgan fingerprint density at radius 3 is 2.60 bits per heavy atom. The molecular formula is C24H27NO5. The van der Waals surface area contributed by atoms with Crippen LogP contribution >= 0.6 is 0 Å². The summed E-state index contributed by atoms with van der Waals surface area (Å²) in [6.45, 7) is 6.20. The minimum absolute atomic E-state index is 0.00279. The van der Waals surface area contributed by atoms with Gasteiger partial charge in [0.05, 0.1) is 19.8 Å². The number of amides is 1. The monoisotopic (exact) mass is 409 g/mol. The van der Waals surface area contributed by atoms with E-state index in [9.17, 15) is 9.90 Å². The van der Waals surface area contributed by atoms with Crippen molar-refractivity contribution in [1.29, 1.82) is 0 Å². The Bertz CT molecular complexity index is 978. The Balaban J connectivity index is 1.34. The highest BCUT2D eigenvalue weighted by Gasteiger charge is 2.57. The molecule has 1 N–H and O–H groups in total. The van der Waals surface area contributed by atoms with Crippen molar-refractivity contribution >= 4 is 5.91 Å². The van der Waals surface area contributed by atoms with Gasteiger partial charge in [0.15, 0.2) is 11.5 Å². The SMILES string of the molecule is COc1cccc2c1OC(C)(C)[C@H]1CC3(CO[C@H]21)CN(C(=O)c1ccc(O)cc1)C3. The van der Waals surface area contributed by atoms with Crippen molar-refractivity contribution in [3.8, 4) is 17.2 Å². The fraction of sp³-hybridized carbons (Fsp3) is 0.458. The lowest BCUT2D eigenvalue weighted by Gasteiger charge is -2.58.